The molecule has 2 unspecified atom stereocenters. The molecule has 6 nitrogen and oxygen atoms in total. The second-order valence-electron chi connectivity index (χ2n) is 8.01. The lowest BCUT2D eigenvalue weighted by molar-refractivity contribution is 0.189. The maximum absolute atomic E-state index is 4.93. The first-order valence-electron chi connectivity index (χ1n) is 10.3. The third kappa shape index (κ3) is 6.70. The summed E-state index contributed by atoms with van der Waals surface area (Å²) in [7, 11) is 4.19. The van der Waals surface area contributed by atoms with Gasteiger partial charge in [0.1, 0.15) is 0 Å². The fourth-order valence-corrected chi connectivity index (χ4v) is 3.80. The molecule has 7 heteroatoms. The molecule has 0 spiro atoms. The van der Waals surface area contributed by atoms with Gasteiger partial charge in [-0.3, -0.25) is 0 Å². The standard InChI is InChI=1S/C22H34N6.HI/c1-5-24-22(25-14-19-6-8-20(9-7-19)15-26(3)4)27-12-10-18(2)21(16-27)28-13-11-23-17-28;/h6-9,11,13,17-18,21H,5,10,12,14-16H2,1-4H3,(H,24,25);1H. The van der Waals surface area contributed by atoms with Gasteiger partial charge in [-0.1, -0.05) is 31.2 Å². The van der Waals surface area contributed by atoms with Crippen LogP contribution in [0.4, 0.5) is 0 Å². The van der Waals surface area contributed by atoms with Gasteiger partial charge in [-0.2, -0.15) is 0 Å². The Morgan fingerprint density at radius 2 is 1.97 bits per heavy atom. The van der Waals surface area contributed by atoms with Crippen LogP contribution < -0.4 is 5.32 Å². The molecule has 2 atom stereocenters. The van der Waals surface area contributed by atoms with Crippen molar-refractivity contribution < 1.29 is 0 Å². The highest BCUT2D eigenvalue weighted by molar-refractivity contribution is 14.0. The Kier molecular flexibility index (Phi) is 9.42. The van der Waals surface area contributed by atoms with Gasteiger partial charge in [-0.05, 0) is 44.5 Å². The van der Waals surface area contributed by atoms with Crippen molar-refractivity contribution in [1.29, 1.82) is 0 Å². The van der Waals surface area contributed by atoms with Crippen LogP contribution in [0.2, 0.25) is 0 Å². The molecule has 1 aromatic heterocycles. The Balaban J connectivity index is 0.00000300. The summed E-state index contributed by atoms with van der Waals surface area (Å²) in [5, 5.41) is 3.49. The van der Waals surface area contributed by atoms with Crippen molar-refractivity contribution in [3.05, 3.63) is 54.1 Å². The topological polar surface area (TPSA) is 48.7 Å². The lowest BCUT2D eigenvalue weighted by atomic mass is 9.93. The van der Waals surface area contributed by atoms with Crippen LogP contribution in [0, 0.1) is 5.92 Å². The molecule has 0 saturated carbocycles. The summed E-state index contributed by atoms with van der Waals surface area (Å²) in [5.41, 5.74) is 2.58. The maximum Gasteiger partial charge on any atom is 0.194 e. The number of guanidine groups is 1. The highest BCUT2D eigenvalue weighted by atomic mass is 127. The Labute approximate surface area is 192 Å². The molecule has 2 heterocycles. The maximum atomic E-state index is 4.93. The number of hydrogen-bond acceptors (Lipinski definition) is 3. The predicted molar refractivity (Wildman–Crippen MR) is 131 cm³/mol. The third-order valence-corrected chi connectivity index (χ3v) is 5.39. The van der Waals surface area contributed by atoms with Gasteiger partial charge in [-0.15, -0.1) is 24.0 Å². The van der Waals surface area contributed by atoms with Gasteiger partial charge in [0.05, 0.1) is 18.9 Å². The fraction of sp³-hybridized carbons (Fsp3) is 0.545. The van der Waals surface area contributed by atoms with Crippen LogP contribution in [0.25, 0.3) is 0 Å². The zero-order valence-electron chi connectivity index (χ0n) is 18.1. The van der Waals surface area contributed by atoms with Crippen LogP contribution in [0.3, 0.4) is 0 Å². The minimum Gasteiger partial charge on any atom is -0.357 e. The molecule has 1 aromatic carbocycles. The van der Waals surface area contributed by atoms with E-state index in [1.807, 2.05) is 12.5 Å². The van der Waals surface area contributed by atoms with Gasteiger partial charge in [0.15, 0.2) is 5.96 Å². The summed E-state index contributed by atoms with van der Waals surface area (Å²) in [6, 6.07) is 9.23. The third-order valence-electron chi connectivity index (χ3n) is 5.39. The average Bonchev–Trinajstić information content (AvgIpc) is 3.21. The van der Waals surface area contributed by atoms with Crippen LogP contribution >= 0.6 is 24.0 Å². The molecule has 1 saturated heterocycles. The van der Waals surface area contributed by atoms with E-state index in [4.69, 9.17) is 4.99 Å². The van der Waals surface area contributed by atoms with E-state index in [1.165, 1.54) is 11.1 Å². The van der Waals surface area contributed by atoms with E-state index in [2.05, 4.69) is 83.1 Å². The van der Waals surface area contributed by atoms with Gasteiger partial charge in [-0.25, -0.2) is 9.98 Å². The molecule has 1 fully saturated rings. The molecule has 0 radical (unpaired) electrons. The van der Waals surface area contributed by atoms with E-state index >= 15 is 0 Å². The van der Waals surface area contributed by atoms with Crippen molar-refractivity contribution in [2.24, 2.45) is 10.9 Å². The molecule has 0 aliphatic carbocycles. The number of piperidine rings is 1. The number of hydrogen-bond donors (Lipinski definition) is 1. The largest absolute Gasteiger partial charge is 0.357 e. The van der Waals surface area contributed by atoms with Crippen molar-refractivity contribution in [2.45, 2.75) is 39.4 Å². The molecular weight excluding hydrogens is 475 g/mol. The first-order valence-corrected chi connectivity index (χ1v) is 10.3. The number of likely N-dealkylation sites (tertiary alicyclic amines) is 1. The zero-order chi connectivity index (χ0) is 19.9. The Bertz CT molecular complexity index is 741. The lowest BCUT2D eigenvalue weighted by Crippen LogP contribution is -2.49. The minimum absolute atomic E-state index is 0. The summed E-state index contributed by atoms with van der Waals surface area (Å²) in [4.78, 5) is 13.8. The number of nitrogens with zero attached hydrogens (tertiary/aromatic N) is 5. The Morgan fingerprint density at radius 3 is 2.59 bits per heavy atom. The van der Waals surface area contributed by atoms with E-state index in [1.54, 1.807) is 0 Å². The second-order valence-corrected chi connectivity index (χ2v) is 8.01. The highest BCUT2D eigenvalue weighted by Crippen LogP contribution is 2.27. The van der Waals surface area contributed by atoms with E-state index in [0.29, 0.717) is 18.5 Å². The molecule has 0 bridgehead atoms. The Morgan fingerprint density at radius 1 is 1.24 bits per heavy atom. The van der Waals surface area contributed by atoms with Crippen molar-refractivity contribution in [3.8, 4) is 0 Å². The summed E-state index contributed by atoms with van der Waals surface area (Å²) >= 11 is 0. The van der Waals surface area contributed by atoms with E-state index < -0.39 is 0 Å². The number of imidazole rings is 1. The van der Waals surface area contributed by atoms with Crippen molar-refractivity contribution in [2.75, 3.05) is 33.7 Å². The van der Waals surface area contributed by atoms with Gasteiger partial charge in [0.25, 0.3) is 0 Å². The lowest BCUT2D eigenvalue weighted by Gasteiger charge is -2.39. The normalized spacial score (nSPS) is 19.9. The fourth-order valence-electron chi connectivity index (χ4n) is 3.80. The van der Waals surface area contributed by atoms with E-state index in [9.17, 15) is 0 Å². The smallest absolute Gasteiger partial charge is 0.194 e. The van der Waals surface area contributed by atoms with Gasteiger partial charge < -0.3 is 19.7 Å². The summed E-state index contributed by atoms with van der Waals surface area (Å²) < 4.78 is 2.24. The second kappa shape index (κ2) is 11.5. The van der Waals surface area contributed by atoms with Gasteiger partial charge in [0, 0.05) is 38.6 Å². The van der Waals surface area contributed by atoms with Crippen LogP contribution in [-0.4, -0.2) is 59.0 Å². The molecule has 2 aromatic rings. The van der Waals surface area contributed by atoms with Crippen LogP contribution in [0.15, 0.2) is 48.0 Å². The number of rotatable bonds is 6. The van der Waals surface area contributed by atoms with Crippen LogP contribution in [0.5, 0.6) is 0 Å². The molecule has 160 valence electrons. The molecule has 1 N–H and O–H groups in total. The van der Waals surface area contributed by atoms with Gasteiger partial charge >= 0.3 is 0 Å². The Hall–Kier alpha value is -1.61. The monoisotopic (exact) mass is 510 g/mol. The van der Waals surface area contributed by atoms with E-state index in [0.717, 1.165) is 38.6 Å². The van der Waals surface area contributed by atoms with Crippen molar-refractivity contribution in [3.63, 3.8) is 0 Å². The van der Waals surface area contributed by atoms with Crippen LogP contribution in [0.1, 0.15) is 37.4 Å². The summed E-state index contributed by atoms with van der Waals surface area (Å²) in [6.45, 7) is 9.01. The SMILES string of the molecule is CCNC(=NCc1ccc(CN(C)C)cc1)N1CCC(C)C(n2ccnc2)C1.I. The molecule has 1 aliphatic heterocycles. The molecule has 29 heavy (non-hydrogen) atoms. The number of aliphatic imine (C=N–C) groups is 1. The number of halogens is 1. The predicted octanol–water partition coefficient (Wildman–Crippen LogP) is 3.61. The highest BCUT2D eigenvalue weighted by Gasteiger charge is 2.28. The quantitative estimate of drug-likeness (QED) is 0.367. The summed E-state index contributed by atoms with van der Waals surface area (Å²) in [5.74, 6) is 1.65. The number of benzene rings is 1. The molecule has 1 aliphatic rings. The molecule has 3 rings (SSSR count). The molecule has 0 amide bonds. The van der Waals surface area contributed by atoms with Crippen LogP contribution in [-0.2, 0) is 13.1 Å². The average molecular weight is 510 g/mol. The van der Waals surface area contributed by atoms with Gasteiger partial charge in [0.2, 0.25) is 0 Å². The first kappa shape index (κ1) is 23.7. The van der Waals surface area contributed by atoms with Crippen molar-refractivity contribution >= 4 is 29.9 Å². The number of aromatic nitrogens is 2. The first-order chi connectivity index (χ1) is 13.6. The zero-order valence-corrected chi connectivity index (χ0v) is 20.4. The number of nitrogens with one attached hydrogen (secondary N) is 1. The minimum atomic E-state index is 0. The molecular formula is C22H35IN6. The summed E-state index contributed by atoms with van der Waals surface area (Å²) in [6.07, 6.45) is 7.03. The van der Waals surface area contributed by atoms with E-state index in [-0.39, 0.29) is 24.0 Å². The van der Waals surface area contributed by atoms with Crippen molar-refractivity contribution in [1.82, 2.24) is 24.7 Å².